The van der Waals surface area contributed by atoms with E-state index in [1.165, 1.54) is 45.5 Å². The fourth-order valence-electron chi connectivity index (χ4n) is 9.33. The number of ether oxygens (including phenoxy) is 5. The number of piperidine rings is 2. The number of hydrogen-bond acceptors (Lipinski definition) is 11. The molecule has 4 aliphatic rings. The number of nitrogens with one attached hydrogen (secondary N) is 2. The quantitative estimate of drug-likeness (QED) is 0.159. The van der Waals surface area contributed by atoms with Crippen LogP contribution in [0.1, 0.15) is 72.9 Å². The van der Waals surface area contributed by atoms with Crippen LogP contribution >= 0.6 is 0 Å². The fourth-order valence-corrected chi connectivity index (χ4v) is 9.33. The van der Waals surface area contributed by atoms with E-state index in [1.54, 1.807) is 45.3 Å². The second-order valence-corrected chi connectivity index (χ2v) is 17.6. The van der Waals surface area contributed by atoms with Crippen molar-refractivity contribution >= 4 is 34.9 Å². The van der Waals surface area contributed by atoms with Gasteiger partial charge in [0.2, 0.25) is 0 Å². The van der Waals surface area contributed by atoms with Crippen molar-refractivity contribution in [3.63, 3.8) is 0 Å². The Labute approximate surface area is 406 Å². The summed E-state index contributed by atoms with van der Waals surface area (Å²) in [6.07, 6.45) is 2.39. The van der Waals surface area contributed by atoms with Crippen LogP contribution in [0.15, 0.2) is 70.9 Å². The molecule has 2 fully saturated rings. The molecule has 2 saturated heterocycles. The third-order valence-corrected chi connectivity index (χ3v) is 13.3. The minimum absolute atomic E-state index is 0.0107. The van der Waals surface area contributed by atoms with Gasteiger partial charge in [-0.2, -0.15) is 10.2 Å². The van der Waals surface area contributed by atoms with Gasteiger partial charge in [0.25, 0.3) is 5.92 Å². The van der Waals surface area contributed by atoms with Crippen LogP contribution in [0, 0.1) is 11.6 Å². The Morgan fingerprint density at radius 3 is 1.34 bits per heavy atom. The minimum atomic E-state index is -2.63. The van der Waals surface area contributed by atoms with Gasteiger partial charge in [0.15, 0.2) is 34.6 Å². The van der Waals surface area contributed by atoms with Gasteiger partial charge in [-0.15, -0.1) is 0 Å². The van der Waals surface area contributed by atoms with E-state index in [0.29, 0.717) is 45.3 Å². The molecule has 4 aromatic rings. The summed E-state index contributed by atoms with van der Waals surface area (Å²) in [5, 5.41) is 17.2. The molecule has 4 amide bonds. The summed E-state index contributed by atoms with van der Waals surface area (Å²) in [6.45, 7) is 6.00. The average Bonchev–Trinajstić information content (AvgIpc) is 3.63. The maximum Gasteiger partial charge on any atom is 0.337 e. The number of amides is 4. The van der Waals surface area contributed by atoms with Crippen molar-refractivity contribution in [2.75, 3.05) is 85.6 Å². The molecule has 4 aliphatic heterocycles. The molecule has 0 bridgehead atoms. The number of nitrogens with zero attached hydrogens (tertiary/aromatic N) is 6. The number of fused-ring (bicyclic) bond motifs is 2. The smallest absolute Gasteiger partial charge is 0.337 e. The molecule has 0 radical (unpaired) electrons. The maximum atomic E-state index is 15.6. The van der Waals surface area contributed by atoms with Crippen molar-refractivity contribution < 1.29 is 50.8 Å². The second kappa shape index (κ2) is 21.9. The SMILES string of the molecule is CNC(=O)N1N=C(c2ccc(N3CCC(F)(F)CC3)cc2)c2cc(OC)c(OC)c(F)c2CC1C.CNC(=O)N1N=C(c2ccc(N3CCC(OC)CC3)cc2)c2cc(OC)c(OC)c(F)c2C[C@H]1C. The largest absolute Gasteiger partial charge is 0.493 e. The van der Waals surface area contributed by atoms with E-state index in [9.17, 15) is 18.4 Å². The first-order chi connectivity index (χ1) is 33.6. The number of urea groups is 2. The van der Waals surface area contributed by atoms with E-state index in [0.717, 1.165) is 42.9 Å². The summed E-state index contributed by atoms with van der Waals surface area (Å²) in [6, 6.07) is 17.1. The van der Waals surface area contributed by atoms with Crippen molar-refractivity contribution in [2.45, 2.75) is 76.5 Å². The zero-order valence-corrected chi connectivity index (χ0v) is 41.1. The van der Waals surface area contributed by atoms with Crippen LogP contribution in [0.3, 0.4) is 0 Å². The lowest BCUT2D eigenvalue weighted by Gasteiger charge is -2.33. The minimum Gasteiger partial charge on any atom is -0.493 e. The van der Waals surface area contributed by atoms with E-state index in [2.05, 4.69) is 20.6 Å². The van der Waals surface area contributed by atoms with Gasteiger partial charge in [0.05, 0.1) is 58.1 Å². The first-order valence-electron chi connectivity index (χ1n) is 23.3. The summed E-state index contributed by atoms with van der Waals surface area (Å²) in [7, 11) is 10.5. The lowest BCUT2D eigenvalue weighted by atomic mass is 9.93. The third kappa shape index (κ3) is 10.5. The van der Waals surface area contributed by atoms with E-state index in [4.69, 9.17) is 28.8 Å². The van der Waals surface area contributed by atoms with E-state index < -0.39 is 29.6 Å². The first kappa shape index (κ1) is 51.1. The van der Waals surface area contributed by atoms with Crippen LogP contribution in [-0.4, -0.2) is 133 Å². The standard InChI is InChI=1S/C26H33FN4O4.C25H29F3N4O3/c1-16-14-20-21(15-22(34-4)25(35-5)23(20)27)24(29-31(16)26(32)28-2)17-6-8-18(9-7-17)30-12-10-19(33-3)11-13-30;1-15-13-18-19(14-20(34-3)23(35-4)21(18)26)22(30-32(15)24(33)29-2)16-5-7-17(8-6-16)31-11-9-25(27,28)10-12-31/h6-9,15-16,19H,10-14H2,1-5H3,(H,28,32);5-8,14-15H,9-13H2,1-4H3,(H,29,33)/t16-;/m1./s1. The number of hydrogen-bond donors (Lipinski definition) is 2. The Kier molecular flexibility index (Phi) is 16.0. The third-order valence-electron chi connectivity index (χ3n) is 13.3. The summed E-state index contributed by atoms with van der Waals surface area (Å²) in [4.78, 5) is 29.5. The van der Waals surface area contributed by atoms with Gasteiger partial charge < -0.3 is 44.1 Å². The van der Waals surface area contributed by atoms with Crippen LogP contribution in [0.4, 0.5) is 38.5 Å². The summed E-state index contributed by atoms with van der Waals surface area (Å²) in [5.74, 6) is -3.17. The van der Waals surface area contributed by atoms with E-state index >= 15 is 8.78 Å². The monoisotopic (exact) mass is 974 g/mol. The molecule has 1 unspecified atom stereocenters. The molecule has 2 atom stereocenters. The number of hydrazone groups is 2. The number of carbonyl (C=O) groups excluding carboxylic acids is 2. The number of alkyl halides is 2. The number of benzene rings is 4. The van der Waals surface area contributed by atoms with Crippen molar-refractivity contribution in [3.8, 4) is 23.0 Å². The van der Waals surface area contributed by atoms with E-state index in [1.807, 2.05) is 48.2 Å². The number of anilines is 2. The molecule has 4 aromatic carbocycles. The van der Waals surface area contributed by atoms with Gasteiger partial charge in [-0.1, -0.05) is 24.3 Å². The molecule has 2 N–H and O–H groups in total. The molecule has 15 nitrogen and oxygen atoms in total. The van der Waals surface area contributed by atoms with E-state index in [-0.39, 0.29) is 73.8 Å². The zero-order chi connectivity index (χ0) is 50.4. The number of rotatable bonds is 9. The van der Waals surface area contributed by atoms with Crippen molar-refractivity contribution in [2.24, 2.45) is 10.2 Å². The van der Waals surface area contributed by atoms with Gasteiger partial charge in [-0.05, 0) is 75.9 Å². The highest BCUT2D eigenvalue weighted by molar-refractivity contribution is 6.15. The van der Waals surface area contributed by atoms with Gasteiger partial charge in [-0.25, -0.2) is 37.2 Å². The topological polar surface area (TPSA) is 142 Å². The molecule has 70 heavy (non-hydrogen) atoms. The van der Waals surface area contributed by atoms with Crippen molar-refractivity contribution in [3.05, 3.63) is 106 Å². The number of methoxy groups -OCH3 is 5. The lowest BCUT2D eigenvalue weighted by molar-refractivity contribution is -0.0220. The summed E-state index contributed by atoms with van der Waals surface area (Å²) in [5.41, 5.74) is 6.09. The Bertz CT molecular complexity index is 2580. The average molecular weight is 975 g/mol. The summed E-state index contributed by atoms with van der Waals surface area (Å²) < 4.78 is 85.1. The Hall–Kier alpha value is -6.76. The number of carbonyl (C=O) groups is 2. The van der Waals surface area contributed by atoms with Crippen LogP contribution in [-0.2, 0) is 17.6 Å². The normalized spacial score (nSPS) is 18.9. The van der Waals surface area contributed by atoms with Gasteiger partial charge >= 0.3 is 12.1 Å². The molecule has 8 rings (SSSR count). The predicted octanol–water partition coefficient (Wildman–Crippen LogP) is 8.21. The second-order valence-electron chi connectivity index (χ2n) is 17.6. The molecule has 376 valence electrons. The molecule has 19 heteroatoms. The van der Waals surface area contributed by atoms with Gasteiger partial charge in [0.1, 0.15) is 0 Å². The van der Waals surface area contributed by atoms with Crippen molar-refractivity contribution in [1.82, 2.24) is 20.7 Å². The van der Waals surface area contributed by atoms with Crippen LogP contribution in [0.2, 0.25) is 0 Å². The highest BCUT2D eigenvalue weighted by Gasteiger charge is 2.36. The van der Waals surface area contributed by atoms with Crippen molar-refractivity contribution in [1.29, 1.82) is 0 Å². The zero-order valence-electron chi connectivity index (χ0n) is 41.1. The molecular formula is C51H62F4N8O7. The molecule has 0 aliphatic carbocycles. The predicted molar refractivity (Wildman–Crippen MR) is 261 cm³/mol. The first-order valence-corrected chi connectivity index (χ1v) is 23.3. The molecular weight excluding hydrogens is 913 g/mol. The Morgan fingerprint density at radius 1 is 0.614 bits per heavy atom. The van der Waals surface area contributed by atoms with Crippen LogP contribution in [0.5, 0.6) is 23.0 Å². The van der Waals surface area contributed by atoms with Gasteiger partial charge in [0, 0.05) is 105 Å². The maximum absolute atomic E-state index is 15.6. The number of halogens is 4. The van der Waals surface area contributed by atoms with Crippen LogP contribution in [0.25, 0.3) is 0 Å². The lowest BCUT2D eigenvalue weighted by Crippen LogP contribution is -2.41. The highest BCUT2D eigenvalue weighted by Crippen LogP contribution is 2.40. The fraction of sp³-hybridized carbons (Fsp3) is 0.451. The van der Waals surface area contributed by atoms with Crippen LogP contribution < -0.4 is 39.4 Å². The highest BCUT2D eigenvalue weighted by atomic mass is 19.3. The Morgan fingerprint density at radius 2 is 1.00 bits per heavy atom. The molecule has 0 aromatic heterocycles. The molecule has 4 heterocycles. The Balaban J connectivity index is 0.000000206. The molecule has 0 spiro atoms. The molecule has 0 saturated carbocycles. The summed E-state index contributed by atoms with van der Waals surface area (Å²) >= 11 is 0. The van der Waals surface area contributed by atoms with Gasteiger partial charge in [-0.3, -0.25) is 0 Å².